The molecule has 0 aliphatic heterocycles. The molecule has 1 aromatic heterocycles. The Morgan fingerprint density at radius 2 is 1.69 bits per heavy atom. The van der Waals surface area contributed by atoms with Crippen molar-refractivity contribution in [3.8, 4) is 28.6 Å². The van der Waals surface area contributed by atoms with Gasteiger partial charge in [0.05, 0.1) is 12.8 Å². The lowest BCUT2D eigenvalue weighted by molar-refractivity contribution is 0.0951. The summed E-state index contributed by atoms with van der Waals surface area (Å²) < 4.78 is 11.2. The van der Waals surface area contributed by atoms with E-state index in [1.54, 1.807) is 25.3 Å². The zero-order valence-corrected chi connectivity index (χ0v) is 17.9. The first kappa shape index (κ1) is 21.1. The highest BCUT2D eigenvalue weighted by molar-refractivity contribution is 5.95. The van der Waals surface area contributed by atoms with Gasteiger partial charge in [0.1, 0.15) is 6.33 Å². The van der Waals surface area contributed by atoms with E-state index in [0.717, 1.165) is 16.7 Å². The Hall–Kier alpha value is -4.19. The number of carbonyl (C=O) groups excluding carboxylic acids is 1. The van der Waals surface area contributed by atoms with Crippen LogP contribution < -0.4 is 14.8 Å². The molecule has 0 unspecified atom stereocenters. The summed E-state index contributed by atoms with van der Waals surface area (Å²) in [7, 11) is 1.59. The van der Waals surface area contributed by atoms with Crippen LogP contribution in [0.1, 0.15) is 21.5 Å². The summed E-state index contributed by atoms with van der Waals surface area (Å²) in [6.45, 7) is 2.50. The SMILES string of the molecule is COc1ccccc1Oc1cc(-c2cccc(C(=O)NCc3ccccc3C)c2)ncn1. The summed E-state index contributed by atoms with van der Waals surface area (Å²) >= 11 is 0. The predicted molar refractivity (Wildman–Crippen MR) is 123 cm³/mol. The van der Waals surface area contributed by atoms with Crippen LogP contribution in [0.2, 0.25) is 0 Å². The number of aryl methyl sites for hydroxylation is 1. The molecule has 6 nitrogen and oxygen atoms in total. The van der Waals surface area contributed by atoms with E-state index in [1.807, 2.05) is 67.6 Å². The summed E-state index contributed by atoms with van der Waals surface area (Å²) in [5.74, 6) is 1.41. The molecule has 0 aliphatic carbocycles. The third kappa shape index (κ3) is 4.92. The largest absolute Gasteiger partial charge is 0.493 e. The third-order valence-corrected chi connectivity index (χ3v) is 5.05. The van der Waals surface area contributed by atoms with Crippen molar-refractivity contribution in [3.63, 3.8) is 0 Å². The van der Waals surface area contributed by atoms with Gasteiger partial charge in [-0.05, 0) is 42.3 Å². The lowest BCUT2D eigenvalue weighted by Gasteiger charge is -2.10. The van der Waals surface area contributed by atoms with Crippen molar-refractivity contribution in [3.05, 3.63) is 102 Å². The fourth-order valence-corrected chi connectivity index (χ4v) is 3.27. The van der Waals surface area contributed by atoms with E-state index in [2.05, 4.69) is 15.3 Å². The number of aromatic nitrogens is 2. The van der Waals surface area contributed by atoms with Gasteiger partial charge in [-0.25, -0.2) is 9.97 Å². The summed E-state index contributed by atoms with van der Waals surface area (Å²) in [6, 6.07) is 24.4. The van der Waals surface area contributed by atoms with Gasteiger partial charge in [-0.2, -0.15) is 0 Å². The van der Waals surface area contributed by atoms with E-state index in [1.165, 1.54) is 6.33 Å². The monoisotopic (exact) mass is 425 g/mol. The number of hydrogen-bond donors (Lipinski definition) is 1. The molecule has 3 aromatic carbocycles. The van der Waals surface area contributed by atoms with Gasteiger partial charge >= 0.3 is 0 Å². The molecule has 0 atom stereocenters. The highest BCUT2D eigenvalue weighted by Gasteiger charge is 2.11. The number of methoxy groups -OCH3 is 1. The average Bonchev–Trinajstić information content (AvgIpc) is 2.84. The first-order valence-corrected chi connectivity index (χ1v) is 10.2. The zero-order valence-electron chi connectivity index (χ0n) is 17.9. The molecule has 0 radical (unpaired) electrons. The van der Waals surface area contributed by atoms with E-state index >= 15 is 0 Å². The lowest BCUT2D eigenvalue weighted by atomic mass is 10.1. The van der Waals surface area contributed by atoms with Crippen LogP contribution in [0.3, 0.4) is 0 Å². The molecule has 1 heterocycles. The van der Waals surface area contributed by atoms with E-state index in [0.29, 0.717) is 35.2 Å². The summed E-state index contributed by atoms with van der Waals surface area (Å²) in [5, 5.41) is 2.98. The van der Waals surface area contributed by atoms with Gasteiger partial charge in [0.2, 0.25) is 5.88 Å². The average molecular weight is 425 g/mol. The van der Waals surface area contributed by atoms with Crippen molar-refractivity contribution in [2.24, 2.45) is 0 Å². The van der Waals surface area contributed by atoms with Crippen LogP contribution in [0.15, 0.2) is 85.2 Å². The second-order valence-electron chi connectivity index (χ2n) is 7.18. The van der Waals surface area contributed by atoms with E-state index in [9.17, 15) is 4.79 Å². The molecule has 32 heavy (non-hydrogen) atoms. The molecule has 0 saturated carbocycles. The van der Waals surface area contributed by atoms with Gasteiger partial charge in [-0.1, -0.05) is 48.5 Å². The topological polar surface area (TPSA) is 73.3 Å². The van der Waals surface area contributed by atoms with Gasteiger partial charge < -0.3 is 14.8 Å². The number of nitrogens with zero attached hydrogens (tertiary/aromatic N) is 2. The molecule has 1 amide bonds. The van der Waals surface area contributed by atoms with Crippen molar-refractivity contribution >= 4 is 5.91 Å². The molecule has 0 aliphatic rings. The van der Waals surface area contributed by atoms with Gasteiger partial charge in [0.15, 0.2) is 11.5 Å². The predicted octanol–water partition coefficient (Wildman–Crippen LogP) is 5.18. The van der Waals surface area contributed by atoms with Gasteiger partial charge in [0.25, 0.3) is 5.91 Å². The molecule has 6 heteroatoms. The summed E-state index contributed by atoms with van der Waals surface area (Å²) in [4.78, 5) is 21.3. The van der Waals surface area contributed by atoms with Crippen LogP contribution in [-0.4, -0.2) is 23.0 Å². The minimum Gasteiger partial charge on any atom is -0.493 e. The van der Waals surface area contributed by atoms with Crippen molar-refractivity contribution in [2.45, 2.75) is 13.5 Å². The van der Waals surface area contributed by atoms with Crippen LogP contribution in [-0.2, 0) is 6.54 Å². The minimum absolute atomic E-state index is 0.144. The Balaban J connectivity index is 1.51. The molecule has 0 spiro atoms. The molecule has 0 bridgehead atoms. The summed E-state index contributed by atoms with van der Waals surface area (Å²) in [6.07, 6.45) is 1.44. The minimum atomic E-state index is -0.144. The Morgan fingerprint density at radius 3 is 2.50 bits per heavy atom. The highest BCUT2D eigenvalue weighted by Crippen LogP contribution is 2.31. The Bertz CT molecular complexity index is 1240. The first-order chi connectivity index (χ1) is 15.6. The highest BCUT2D eigenvalue weighted by atomic mass is 16.5. The van der Waals surface area contributed by atoms with Crippen LogP contribution in [0.5, 0.6) is 17.4 Å². The standard InChI is InChI=1S/C26H23N3O3/c1-18-8-3-4-9-21(18)16-27-26(30)20-11-7-10-19(14-20)22-15-25(29-17-28-22)32-24-13-6-5-12-23(24)31-2/h3-15,17H,16H2,1-2H3,(H,27,30). The molecule has 0 fully saturated rings. The maximum Gasteiger partial charge on any atom is 0.251 e. The normalized spacial score (nSPS) is 10.4. The lowest BCUT2D eigenvalue weighted by Crippen LogP contribution is -2.23. The van der Waals surface area contributed by atoms with Gasteiger partial charge in [0, 0.05) is 23.7 Å². The van der Waals surface area contributed by atoms with E-state index < -0.39 is 0 Å². The third-order valence-electron chi connectivity index (χ3n) is 5.05. The zero-order chi connectivity index (χ0) is 22.3. The number of para-hydroxylation sites is 2. The van der Waals surface area contributed by atoms with Crippen LogP contribution in [0.4, 0.5) is 0 Å². The van der Waals surface area contributed by atoms with Crippen molar-refractivity contribution in [1.29, 1.82) is 0 Å². The Kier molecular flexibility index (Phi) is 6.41. The number of amides is 1. The smallest absolute Gasteiger partial charge is 0.251 e. The quantitative estimate of drug-likeness (QED) is 0.441. The Labute approximate surface area is 186 Å². The molecule has 1 N–H and O–H groups in total. The van der Waals surface area contributed by atoms with E-state index in [4.69, 9.17) is 9.47 Å². The van der Waals surface area contributed by atoms with Crippen LogP contribution in [0.25, 0.3) is 11.3 Å². The second kappa shape index (κ2) is 9.75. The van der Waals surface area contributed by atoms with Gasteiger partial charge in [-0.15, -0.1) is 0 Å². The molecule has 4 rings (SSSR count). The second-order valence-corrected chi connectivity index (χ2v) is 7.18. The fourth-order valence-electron chi connectivity index (χ4n) is 3.27. The maximum absolute atomic E-state index is 12.7. The molecular formula is C26H23N3O3. The first-order valence-electron chi connectivity index (χ1n) is 10.2. The molecule has 160 valence electrons. The van der Waals surface area contributed by atoms with Crippen molar-refractivity contribution in [2.75, 3.05) is 7.11 Å². The number of benzene rings is 3. The number of ether oxygens (including phenoxy) is 2. The fraction of sp³-hybridized carbons (Fsp3) is 0.115. The van der Waals surface area contributed by atoms with Crippen molar-refractivity contribution < 1.29 is 14.3 Å². The molecular weight excluding hydrogens is 402 g/mol. The summed E-state index contributed by atoms with van der Waals surface area (Å²) in [5.41, 5.74) is 4.23. The Morgan fingerprint density at radius 1 is 0.906 bits per heavy atom. The number of hydrogen-bond acceptors (Lipinski definition) is 5. The molecule has 4 aromatic rings. The van der Waals surface area contributed by atoms with Crippen LogP contribution >= 0.6 is 0 Å². The number of carbonyl (C=O) groups is 1. The maximum atomic E-state index is 12.7. The number of rotatable bonds is 7. The van der Waals surface area contributed by atoms with Gasteiger partial charge in [-0.3, -0.25) is 4.79 Å². The number of nitrogens with one attached hydrogen (secondary N) is 1. The van der Waals surface area contributed by atoms with E-state index in [-0.39, 0.29) is 5.91 Å². The van der Waals surface area contributed by atoms with Crippen molar-refractivity contribution in [1.82, 2.24) is 15.3 Å². The van der Waals surface area contributed by atoms with Crippen LogP contribution in [0, 0.1) is 6.92 Å². The molecule has 0 saturated heterocycles.